The smallest absolute Gasteiger partial charge is 0.262 e. The van der Waals surface area contributed by atoms with E-state index in [0.29, 0.717) is 92.9 Å². The quantitative estimate of drug-likeness (QED) is 0.0306. The van der Waals surface area contributed by atoms with E-state index in [4.69, 9.17) is 19.4 Å². The molecule has 0 spiro atoms. The van der Waals surface area contributed by atoms with E-state index < -0.39 is 43.9 Å². The first kappa shape index (κ1) is 60.1. The number of likely N-dealkylation sites (N-methyl/N-ethyl adjacent to an activating group) is 1. The Morgan fingerprint density at radius 1 is 0.600 bits per heavy atom. The van der Waals surface area contributed by atoms with Gasteiger partial charge in [0.15, 0.2) is 10.3 Å². The number of piperazine rings is 2. The average Bonchev–Trinajstić information content (AvgIpc) is 4.13. The summed E-state index contributed by atoms with van der Waals surface area (Å²) in [5.41, 5.74) is 4.70. The second kappa shape index (κ2) is 28.1. The van der Waals surface area contributed by atoms with E-state index in [9.17, 15) is 21.9 Å². The summed E-state index contributed by atoms with van der Waals surface area (Å²) in [6.45, 7) is 9.14. The van der Waals surface area contributed by atoms with Gasteiger partial charge in [0.2, 0.25) is 11.8 Å². The lowest BCUT2D eigenvalue weighted by molar-refractivity contribution is -0.134. The molecule has 2 aliphatic rings. The summed E-state index contributed by atoms with van der Waals surface area (Å²) in [7, 11) is -3.05. The molecule has 2 aromatic heterocycles. The van der Waals surface area contributed by atoms with Gasteiger partial charge in [0.1, 0.15) is 23.6 Å². The SMILES string of the molecule is CCCCCc1ccc(S(=O)(=O)Nc2cc(-c3csc(NC(=O)C(C(C(=O)Nc4nc(-c5ccc(OC)c(NS(=O)(=O)c6ccc(CCCCC)cc6)c5)cs4)N4CCN(CCO)CC4)N4CCN(C)CC4)n3)ccc2OC)cc1. The van der Waals surface area contributed by atoms with Gasteiger partial charge in [0.05, 0.1) is 53.4 Å². The van der Waals surface area contributed by atoms with Crippen molar-refractivity contribution in [3.8, 4) is 34.0 Å². The van der Waals surface area contributed by atoms with Gasteiger partial charge in [-0.1, -0.05) is 63.8 Å². The number of sulfonamides is 2. The molecule has 2 unspecified atom stereocenters. The number of β-amino-alcohol motifs (C(OH)–C–C–N with tert-alkyl or cyclic N) is 1. The van der Waals surface area contributed by atoms with Crippen molar-refractivity contribution in [2.45, 2.75) is 87.1 Å². The number of aliphatic hydroxyl groups excluding tert-OH is 1. The number of amides is 2. The Hall–Kier alpha value is -6.02. The van der Waals surface area contributed by atoms with Gasteiger partial charge in [-0.25, -0.2) is 26.8 Å². The fourth-order valence-corrected chi connectivity index (χ4v) is 13.5. The van der Waals surface area contributed by atoms with Crippen LogP contribution in [0.3, 0.4) is 0 Å². The van der Waals surface area contributed by atoms with E-state index in [1.165, 1.54) is 36.9 Å². The summed E-state index contributed by atoms with van der Waals surface area (Å²) in [6.07, 6.45) is 8.22. The first-order valence-electron chi connectivity index (χ1n) is 27.2. The number of rotatable bonds is 27. The number of hydrogen-bond acceptors (Lipinski definition) is 17. The number of ether oxygens (including phenoxy) is 2. The molecule has 8 rings (SSSR count). The molecular weight excluding hydrogens is 1100 g/mol. The highest BCUT2D eigenvalue weighted by Gasteiger charge is 2.44. The van der Waals surface area contributed by atoms with Crippen LogP contribution < -0.4 is 29.6 Å². The predicted octanol–water partition coefficient (Wildman–Crippen LogP) is 8.19. The minimum Gasteiger partial charge on any atom is -0.495 e. The van der Waals surface area contributed by atoms with Gasteiger partial charge in [-0.2, -0.15) is 0 Å². The molecular formula is C57H74N10O9S4. The first-order chi connectivity index (χ1) is 38.6. The molecule has 2 atom stereocenters. The monoisotopic (exact) mass is 1170 g/mol. The lowest BCUT2D eigenvalue weighted by Gasteiger charge is -2.45. The molecule has 19 nitrogen and oxygen atoms in total. The second-order valence-corrected chi connectivity index (χ2v) is 25.2. The van der Waals surface area contributed by atoms with Crippen LogP contribution in [-0.4, -0.2) is 162 Å². The number of methoxy groups -OCH3 is 2. The number of carbonyl (C=O) groups excluding carboxylic acids is 2. The van der Waals surface area contributed by atoms with Crippen LogP contribution in [0.5, 0.6) is 11.5 Å². The maximum absolute atomic E-state index is 15.1. The third kappa shape index (κ3) is 15.5. The molecule has 6 aromatic rings. The molecule has 0 radical (unpaired) electrons. The molecule has 5 N–H and O–H groups in total. The fourth-order valence-electron chi connectivity index (χ4n) is 9.94. The highest BCUT2D eigenvalue weighted by Crippen LogP contribution is 2.36. The number of anilines is 4. The average molecular weight is 1170 g/mol. The minimum atomic E-state index is -4.00. The van der Waals surface area contributed by atoms with E-state index in [-0.39, 0.29) is 38.0 Å². The van der Waals surface area contributed by atoms with Crippen LogP contribution in [0.2, 0.25) is 0 Å². The topological polar surface area (TPSA) is 228 Å². The van der Waals surface area contributed by atoms with Crippen LogP contribution in [0.15, 0.2) is 105 Å². The van der Waals surface area contributed by atoms with Gasteiger partial charge in [-0.3, -0.25) is 33.7 Å². The van der Waals surface area contributed by atoms with Crippen LogP contribution in [-0.2, 0) is 42.5 Å². The van der Waals surface area contributed by atoms with Gasteiger partial charge < -0.3 is 30.1 Å². The minimum absolute atomic E-state index is 0.00578. The summed E-state index contributed by atoms with van der Waals surface area (Å²) in [4.78, 5) is 48.4. The Labute approximate surface area is 478 Å². The molecule has 23 heteroatoms. The molecule has 0 bridgehead atoms. The number of aliphatic hydroxyl groups is 1. The highest BCUT2D eigenvalue weighted by atomic mass is 32.2. The molecule has 2 fully saturated rings. The largest absolute Gasteiger partial charge is 0.495 e. The lowest BCUT2D eigenvalue weighted by Crippen LogP contribution is -2.66. The van der Waals surface area contributed by atoms with Crippen LogP contribution in [0.1, 0.15) is 63.5 Å². The number of thiazole rings is 2. The Morgan fingerprint density at radius 2 is 1.01 bits per heavy atom. The van der Waals surface area contributed by atoms with E-state index in [0.717, 1.165) is 62.5 Å². The molecule has 2 aliphatic heterocycles. The van der Waals surface area contributed by atoms with Crippen molar-refractivity contribution >= 4 is 76.2 Å². The summed E-state index contributed by atoms with van der Waals surface area (Å²) in [5.74, 6) is -0.236. The Bertz CT molecular complexity index is 3230. The van der Waals surface area contributed by atoms with Crippen LogP contribution in [0.4, 0.5) is 21.6 Å². The zero-order valence-electron chi connectivity index (χ0n) is 46.1. The van der Waals surface area contributed by atoms with Gasteiger partial charge in [-0.05, 0) is 105 Å². The van der Waals surface area contributed by atoms with E-state index in [2.05, 4.69) is 43.7 Å². The summed E-state index contributed by atoms with van der Waals surface area (Å²) in [6, 6.07) is 22.0. The fraction of sp³-hybridized carbons (Fsp3) is 0.439. The summed E-state index contributed by atoms with van der Waals surface area (Å²) >= 11 is 2.41. The Balaban J connectivity index is 1.03. The molecule has 80 heavy (non-hydrogen) atoms. The standard InChI is InChI=1S/C57H74N10O9S4/c1-6-8-10-12-40-14-20-44(21-15-40)79(71,72)62-46-36-42(18-24-50(46)75-4)48-38-77-56(58-48)60-54(69)52(66-30-26-64(3)27-31-66)53(67-32-28-65(29-33-67)34-35-68)55(70)61-57-59-49(39-78-57)43-19-25-51(76-5)47(37-43)63-80(73,74)45-22-16-41(17-23-45)13-11-9-7-2/h14-25,36-39,52-53,62-63,68H,6-13,26-35H2,1-5H3,(H,58,60,69)(H,59,61,70). The van der Waals surface area contributed by atoms with E-state index in [1.807, 2.05) is 41.1 Å². The normalized spacial score (nSPS) is 15.7. The Morgan fingerprint density at radius 3 is 1.40 bits per heavy atom. The number of nitrogens with one attached hydrogen (secondary N) is 4. The van der Waals surface area contributed by atoms with Gasteiger partial charge >= 0.3 is 0 Å². The third-order valence-corrected chi connectivity index (χ3v) is 18.8. The van der Waals surface area contributed by atoms with Crippen molar-refractivity contribution in [3.63, 3.8) is 0 Å². The maximum Gasteiger partial charge on any atom is 0.262 e. The molecule has 4 heterocycles. The number of nitrogens with zero attached hydrogens (tertiary/aromatic N) is 6. The van der Waals surface area contributed by atoms with Crippen molar-refractivity contribution in [1.82, 2.24) is 29.6 Å². The number of hydrogen-bond donors (Lipinski definition) is 5. The second-order valence-electron chi connectivity index (χ2n) is 20.1. The van der Waals surface area contributed by atoms with E-state index >= 15 is 9.59 Å². The molecule has 4 aromatic carbocycles. The van der Waals surface area contributed by atoms with Crippen molar-refractivity contribution in [3.05, 3.63) is 107 Å². The van der Waals surface area contributed by atoms with Crippen molar-refractivity contribution < 1.29 is 41.0 Å². The number of benzene rings is 4. The number of unbranched alkanes of at least 4 members (excludes halogenated alkanes) is 4. The predicted molar refractivity (Wildman–Crippen MR) is 318 cm³/mol. The highest BCUT2D eigenvalue weighted by molar-refractivity contribution is 7.93. The number of aromatic nitrogens is 2. The van der Waals surface area contributed by atoms with Crippen LogP contribution in [0, 0.1) is 0 Å². The number of aryl methyl sites for hydroxylation is 2. The zero-order chi connectivity index (χ0) is 56.8. The molecule has 2 amide bonds. The summed E-state index contributed by atoms with van der Waals surface area (Å²) < 4.78 is 71.3. The van der Waals surface area contributed by atoms with Crippen molar-refractivity contribution in [2.75, 3.05) is 107 Å². The zero-order valence-corrected chi connectivity index (χ0v) is 49.4. The van der Waals surface area contributed by atoms with Crippen molar-refractivity contribution in [2.24, 2.45) is 0 Å². The lowest BCUT2D eigenvalue weighted by atomic mass is 10.00. The van der Waals surface area contributed by atoms with Gasteiger partial charge in [-0.15, -0.1) is 22.7 Å². The van der Waals surface area contributed by atoms with Crippen LogP contribution >= 0.6 is 22.7 Å². The summed E-state index contributed by atoms with van der Waals surface area (Å²) in [5, 5.41) is 20.0. The Kier molecular flexibility index (Phi) is 21.1. The molecule has 2 saturated heterocycles. The van der Waals surface area contributed by atoms with Gasteiger partial charge in [0.25, 0.3) is 20.0 Å². The molecule has 430 valence electrons. The molecule has 0 aliphatic carbocycles. The molecule has 0 saturated carbocycles. The van der Waals surface area contributed by atoms with E-state index in [1.54, 1.807) is 71.4 Å². The van der Waals surface area contributed by atoms with Gasteiger partial charge in [0, 0.05) is 80.8 Å². The first-order valence-corrected chi connectivity index (χ1v) is 32.0. The van der Waals surface area contributed by atoms with Crippen LogP contribution in [0.25, 0.3) is 22.5 Å². The third-order valence-electron chi connectivity index (χ3n) is 14.5. The van der Waals surface area contributed by atoms with Crippen molar-refractivity contribution in [1.29, 1.82) is 0 Å². The number of carbonyl (C=O) groups is 2. The maximum atomic E-state index is 15.1.